The van der Waals surface area contributed by atoms with Crippen LogP contribution < -0.4 is 45.5 Å². The number of carbonyl (C=O) groups is 7. The topological polar surface area (TPSA) is 532 Å². The molecule has 9 heterocycles. The van der Waals surface area contributed by atoms with Gasteiger partial charge in [0.15, 0.2) is 17.7 Å². The molecule has 4 aromatic rings. The number of amides is 7. The van der Waals surface area contributed by atoms with Crippen LogP contribution in [-0.4, -0.2) is 152 Å². The summed E-state index contributed by atoms with van der Waals surface area (Å²) in [5.74, 6) is -6.90. The second kappa shape index (κ2) is 32.7. The summed E-state index contributed by atoms with van der Waals surface area (Å²) in [4.78, 5) is 138. The maximum absolute atomic E-state index is 14.4. The van der Waals surface area contributed by atoms with Gasteiger partial charge < -0.3 is 86.7 Å². The zero-order chi connectivity index (χ0) is 77.4. The third-order valence-electron chi connectivity index (χ3n) is 22.8. The van der Waals surface area contributed by atoms with Crippen LogP contribution in [0.15, 0.2) is 80.4 Å². The van der Waals surface area contributed by atoms with E-state index in [0.717, 1.165) is 42.6 Å². The van der Waals surface area contributed by atoms with Crippen molar-refractivity contribution in [1.29, 1.82) is 0 Å². The Bertz CT molecular complexity index is 4340. The van der Waals surface area contributed by atoms with Gasteiger partial charge in [-0.2, -0.15) is 12.1 Å². The van der Waals surface area contributed by atoms with Gasteiger partial charge in [0.25, 0.3) is 0 Å². The van der Waals surface area contributed by atoms with Crippen molar-refractivity contribution in [3.05, 3.63) is 88.8 Å². The third-order valence-corrected chi connectivity index (χ3v) is 24.0. The van der Waals surface area contributed by atoms with Gasteiger partial charge in [-0.25, -0.2) is 24.5 Å². The first kappa shape index (κ1) is 83.5. The van der Waals surface area contributed by atoms with E-state index in [2.05, 4.69) is 32.2 Å². The number of aromatic nitrogens is 6. The molecule has 1 unspecified atom stereocenters. The largest absolute Gasteiger partial charge is 3.00 e. The standard InChI is InChI=1S/C62H90N13O14P.C10H14N5.Co/c1-29-20-39-40(21-30(29)2)75(28-70-39)57-52(84)53(41(27-76)87-57)89-90(85,86)88-31(3)26-69-49(83)18-19-59(8)37(22-46(66)80)56-62(11)61(10,25-48(68)82)36(14-17-45(65)79)51(74-62)33(5)55-60(9,24-47(67)81)34(12-15-43(63)77)38(71-55)23-42-58(6,7)35(13-16-44(64)78)50(72-42)32(4)54(59)73-56;1-2-3-4-5-15-7-14-8-9(11)12-6-13-10(8)15;/h20-21,23,28,31,34-37,41,52-53,56-57,76,84H,12-19,22,24-27H2,1-11H3,(H15,63,64,65,66,67,68,69,71,72,73,74,77,78,79,80,81,82,83,85,86);6-7H,1-5H2,(H2,11,12,13);/q;-1;+3/p-1/t31-,34-,35-,36-,37+,41-,52-,53-,56-,57+,59-,60+,61+,62+;;/m1../s1. The number of aliphatic hydroxyl groups is 2. The minimum absolute atomic E-state index is 0. The number of phosphoric ester groups is 1. The summed E-state index contributed by atoms with van der Waals surface area (Å²) in [6.07, 6.45) is 1.91. The summed E-state index contributed by atoms with van der Waals surface area (Å²) in [5.41, 5.74) is 44.0. The Hall–Kier alpha value is -8.14. The molecule has 10 rings (SSSR count). The number of nitrogens with two attached hydrogens (primary N) is 7. The summed E-state index contributed by atoms with van der Waals surface area (Å²) in [6, 6.07) is 2.68. The Morgan fingerprint density at radius 2 is 1.41 bits per heavy atom. The van der Waals surface area contributed by atoms with Crippen molar-refractivity contribution in [2.45, 2.75) is 215 Å². The minimum atomic E-state index is -5.07. The molecule has 0 saturated carbocycles. The number of hydrogen-bond donors (Lipinski definition) is 11. The molecular formula is C72H103CoN18O14P+. The molecule has 34 heteroatoms. The summed E-state index contributed by atoms with van der Waals surface area (Å²) in [5, 5.41) is 30.2. The first-order valence-electron chi connectivity index (χ1n) is 35.5. The molecule has 6 aliphatic heterocycles. The minimum Gasteiger partial charge on any atom is -0.682 e. The van der Waals surface area contributed by atoms with E-state index in [1.165, 1.54) is 19.6 Å². The number of fused-ring (bicyclic) bond motifs is 8. The van der Waals surface area contributed by atoms with Crippen LogP contribution in [-0.2, 0) is 75.2 Å². The molecular weight excluding hydrogens is 1430 g/mol. The molecule has 3 aromatic heterocycles. The van der Waals surface area contributed by atoms with Crippen LogP contribution in [0.1, 0.15) is 170 Å². The van der Waals surface area contributed by atoms with Crippen molar-refractivity contribution in [2.24, 2.45) is 94.7 Å². The van der Waals surface area contributed by atoms with Gasteiger partial charge in [0.1, 0.15) is 30.2 Å². The van der Waals surface area contributed by atoms with Gasteiger partial charge in [-0.05, 0) is 125 Å². The van der Waals surface area contributed by atoms with Crippen molar-refractivity contribution < 1.29 is 83.8 Å². The summed E-state index contributed by atoms with van der Waals surface area (Å²) < 4.78 is 34.3. The molecule has 6 aliphatic rings. The number of aliphatic imine (C=N–C) groups is 3. The van der Waals surface area contributed by atoms with Crippen molar-refractivity contribution in [2.75, 3.05) is 18.9 Å². The van der Waals surface area contributed by atoms with E-state index in [0.29, 0.717) is 67.7 Å². The molecule has 18 N–H and O–H groups in total. The van der Waals surface area contributed by atoms with Gasteiger partial charge in [0, 0.05) is 115 Å². The molecule has 15 atom stereocenters. The van der Waals surface area contributed by atoms with E-state index in [1.807, 2.05) is 85.1 Å². The number of hydrogen-bond acceptors (Lipinski definition) is 21. The van der Waals surface area contributed by atoms with Gasteiger partial charge in [0.2, 0.25) is 41.4 Å². The molecule has 1 aromatic carbocycles. The zero-order valence-electron chi connectivity index (χ0n) is 62.1. The molecule has 106 heavy (non-hydrogen) atoms. The molecule has 0 spiro atoms. The smallest absolute Gasteiger partial charge is 0.682 e. The second-order valence-corrected chi connectivity index (χ2v) is 31.8. The van der Waals surface area contributed by atoms with Crippen LogP contribution in [0.25, 0.3) is 27.5 Å². The molecule has 8 bridgehead atoms. The number of nitrogens with zero attached hydrogens (tertiary/aromatic N) is 10. The van der Waals surface area contributed by atoms with E-state index in [1.54, 1.807) is 17.8 Å². The number of primary amides is 6. The van der Waals surface area contributed by atoms with Crippen molar-refractivity contribution in [3.63, 3.8) is 0 Å². The van der Waals surface area contributed by atoms with Gasteiger partial charge >= 0.3 is 24.6 Å². The van der Waals surface area contributed by atoms with Crippen LogP contribution >= 0.6 is 7.82 Å². The van der Waals surface area contributed by atoms with Crippen molar-refractivity contribution in [1.82, 2.24) is 34.4 Å². The molecule has 32 nitrogen and oxygen atoms in total. The molecule has 2 saturated heterocycles. The van der Waals surface area contributed by atoms with Crippen molar-refractivity contribution >= 4 is 94.3 Å². The summed E-state index contributed by atoms with van der Waals surface area (Å²) in [6.45, 7) is 23.8. The van der Waals surface area contributed by atoms with Crippen LogP contribution in [0.2, 0.25) is 0 Å². The summed E-state index contributed by atoms with van der Waals surface area (Å²) >= 11 is 0. The fourth-order valence-electron chi connectivity index (χ4n) is 16.9. The zero-order valence-corrected chi connectivity index (χ0v) is 64.0. The number of ether oxygens (including phenoxy) is 1. The predicted molar refractivity (Wildman–Crippen MR) is 393 cm³/mol. The fourth-order valence-corrected chi connectivity index (χ4v) is 18.0. The Morgan fingerprint density at radius 1 is 0.774 bits per heavy atom. The van der Waals surface area contributed by atoms with Crippen LogP contribution in [0.4, 0.5) is 5.82 Å². The van der Waals surface area contributed by atoms with E-state index in [4.69, 9.17) is 74.2 Å². The van der Waals surface area contributed by atoms with E-state index >= 15 is 0 Å². The number of aliphatic hydroxyl groups excluding tert-OH is 2. The fraction of sp³-hybridized carbons (Fsp3) is 0.597. The van der Waals surface area contributed by atoms with E-state index < -0.39 is 143 Å². The number of nitrogen functional groups attached to an aromatic ring is 1. The molecule has 7 amide bonds. The maximum atomic E-state index is 14.4. The SMILES string of the molecule is C/C1=C2/[N-][C@H]([C@H](CC(N)=O)[C@@]2(C)CCC(=O)NC[C@@H](C)OP(=O)(O)O[C@H]2[C@@H](O)[C@@H](n3cnc4cc(C)c(C)cc43)O[C@@H]2CO)[C@]2(C)N=C(/C(C)=C3N=C(/C=C4N=C1[C@@H](CCC(N)=O)C\4(C)C)[C@@H](CCC(N)=O)[C@]\3(C)CC(N)=O)[C@@H](CCC(N)=O)[C@]2(C)CC(N)=O.[CH2-]CCCCn1cnc2c(N)ncnc21.[Co+3]. The molecule has 0 radical (unpaired) electrons. The van der Waals surface area contributed by atoms with E-state index in [9.17, 15) is 53.2 Å². The number of carbonyl (C=O) groups excluding carboxylic acids is 7. The van der Waals surface area contributed by atoms with Crippen LogP contribution in [0.5, 0.6) is 0 Å². The number of unbranched alkanes of at least 4 members (excludes halogenated alkanes) is 2. The van der Waals surface area contributed by atoms with Gasteiger partial charge in [0.05, 0.1) is 47.6 Å². The first-order valence-corrected chi connectivity index (χ1v) is 37.0. The Morgan fingerprint density at radius 3 is 2.02 bits per heavy atom. The normalized spacial score (nSPS) is 30.6. The molecule has 2 fully saturated rings. The number of aryl methyl sites for hydroxylation is 3. The van der Waals surface area contributed by atoms with Crippen molar-refractivity contribution in [3.8, 4) is 0 Å². The van der Waals surface area contributed by atoms with Crippen LogP contribution in [0.3, 0.4) is 0 Å². The number of imidazole rings is 2. The van der Waals surface area contributed by atoms with Gasteiger partial charge in [-0.15, -0.1) is 0 Å². The first-order chi connectivity index (χ1) is 49.2. The molecule has 0 aliphatic carbocycles. The van der Waals surface area contributed by atoms with Crippen LogP contribution in [0, 0.1) is 66.1 Å². The maximum Gasteiger partial charge on any atom is 3.00 e. The Balaban J connectivity index is 0.000000783. The Labute approximate surface area is 626 Å². The number of benzene rings is 1. The number of rotatable bonds is 30. The predicted octanol–water partition coefficient (Wildman–Crippen LogP) is 5.36. The number of allylic oxidation sites excluding steroid dienone is 6. The number of anilines is 1. The third kappa shape index (κ3) is 16.8. The molecule has 578 valence electrons. The van der Waals surface area contributed by atoms with E-state index in [-0.39, 0.29) is 94.0 Å². The Kier molecular flexibility index (Phi) is 25.8. The average Bonchev–Trinajstić information content (AvgIpc) is 1.53. The number of phosphoric acid groups is 1. The number of nitrogens with one attached hydrogen (secondary N) is 1. The summed E-state index contributed by atoms with van der Waals surface area (Å²) in [7, 11) is -5.07. The van der Waals surface area contributed by atoms with Gasteiger partial charge in [-0.1, -0.05) is 47.1 Å². The average molecular weight is 1530 g/mol. The monoisotopic (exact) mass is 1530 g/mol. The van der Waals surface area contributed by atoms with Gasteiger partial charge in [-0.3, -0.25) is 57.6 Å². The quantitative estimate of drug-likeness (QED) is 0.0178. The second-order valence-electron chi connectivity index (χ2n) is 30.4.